The molecular formula is C21H17N3O4. The summed E-state index contributed by atoms with van der Waals surface area (Å²) in [5.74, 6) is 0.0967. The summed E-state index contributed by atoms with van der Waals surface area (Å²) in [4.78, 5) is 28.2. The molecule has 7 heteroatoms. The van der Waals surface area contributed by atoms with Crippen molar-refractivity contribution in [2.24, 2.45) is 0 Å². The summed E-state index contributed by atoms with van der Waals surface area (Å²) in [6, 6.07) is 12.0. The Bertz CT molecular complexity index is 1220. The molecule has 0 atom stereocenters. The van der Waals surface area contributed by atoms with Gasteiger partial charge in [0.05, 0.1) is 24.1 Å². The average molecular weight is 375 g/mol. The van der Waals surface area contributed by atoms with Gasteiger partial charge in [-0.15, -0.1) is 0 Å². The lowest BCUT2D eigenvalue weighted by Crippen LogP contribution is -2.13. The number of pyridine rings is 1. The molecule has 0 saturated carbocycles. The molecule has 0 radical (unpaired) electrons. The molecule has 0 aliphatic rings. The van der Waals surface area contributed by atoms with Crippen LogP contribution in [-0.2, 0) is 0 Å². The fourth-order valence-corrected chi connectivity index (χ4v) is 2.94. The summed E-state index contributed by atoms with van der Waals surface area (Å²) in [6.07, 6.45) is 4.99. The predicted molar refractivity (Wildman–Crippen MR) is 105 cm³/mol. The molecule has 0 fully saturated rings. The van der Waals surface area contributed by atoms with Gasteiger partial charge in [0.15, 0.2) is 0 Å². The quantitative estimate of drug-likeness (QED) is 0.590. The zero-order chi connectivity index (χ0) is 19.7. The Hall–Kier alpha value is -3.87. The van der Waals surface area contributed by atoms with Crippen molar-refractivity contribution in [3.05, 3.63) is 82.7 Å². The van der Waals surface area contributed by atoms with Crippen LogP contribution in [0.3, 0.4) is 0 Å². The number of nitrogens with one attached hydrogen (secondary N) is 1. The molecule has 4 rings (SSSR count). The van der Waals surface area contributed by atoms with E-state index in [0.29, 0.717) is 11.4 Å². The third-order valence-corrected chi connectivity index (χ3v) is 4.38. The monoisotopic (exact) mass is 375 g/mol. The first-order chi connectivity index (χ1) is 13.5. The van der Waals surface area contributed by atoms with Gasteiger partial charge >= 0.3 is 5.63 Å². The number of hydrogen-bond acceptors (Lipinski definition) is 5. The number of imidazole rings is 1. The smallest absolute Gasteiger partial charge is 0.335 e. The van der Waals surface area contributed by atoms with Gasteiger partial charge < -0.3 is 18.9 Å². The van der Waals surface area contributed by atoms with Crippen molar-refractivity contribution in [3.8, 4) is 17.0 Å². The van der Waals surface area contributed by atoms with Crippen molar-refractivity contribution in [2.75, 3.05) is 12.4 Å². The van der Waals surface area contributed by atoms with E-state index in [1.807, 2.05) is 41.9 Å². The van der Waals surface area contributed by atoms with Crippen molar-refractivity contribution in [2.45, 2.75) is 6.92 Å². The number of fused-ring (bicyclic) bond motifs is 1. The van der Waals surface area contributed by atoms with E-state index in [1.165, 1.54) is 19.2 Å². The third kappa shape index (κ3) is 3.25. The lowest BCUT2D eigenvalue weighted by molar-refractivity contribution is 0.102. The first-order valence-electron chi connectivity index (χ1n) is 8.58. The van der Waals surface area contributed by atoms with Gasteiger partial charge in [0.25, 0.3) is 5.91 Å². The zero-order valence-corrected chi connectivity index (χ0v) is 15.3. The maximum Gasteiger partial charge on any atom is 0.335 e. The summed E-state index contributed by atoms with van der Waals surface area (Å²) in [6.45, 7) is 2.00. The number of carbonyl (C=O) groups excluding carboxylic acids is 1. The molecule has 0 saturated heterocycles. The minimum Gasteiger partial charge on any atom is -0.495 e. The van der Waals surface area contributed by atoms with Crippen LogP contribution in [0.2, 0.25) is 0 Å². The van der Waals surface area contributed by atoms with Crippen LogP contribution in [0.1, 0.15) is 15.9 Å². The second kappa shape index (κ2) is 7.03. The molecule has 1 N–H and O–H groups in total. The number of benzene rings is 1. The highest BCUT2D eigenvalue weighted by Crippen LogP contribution is 2.31. The number of nitrogens with zero attached hydrogens (tertiary/aromatic N) is 2. The van der Waals surface area contributed by atoms with E-state index in [9.17, 15) is 9.59 Å². The summed E-state index contributed by atoms with van der Waals surface area (Å²) >= 11 is 0. The number of anilines is 1. The highest BCUT2D eigenvalue weighted by Gasteiger charge is 2.13. The van der Waals surface area contributed by atoms with Crippen molar-refractivity contribution in [1.29, 1.82) is 0 Å². The first kappa shape index (κ1) is 17.5. The maximum absolute atomic E-state index is 12.5. The standard InChI is InChI=1S/C21H17N3O4/c1-13-4-3-9-24-11-17(22-20(13)24)14-5-7-18(27-2)16(10-14)23-21(26)15-6-8-19(25)28-12-15/h3-12H,1-2H3,(H,23,26). The highest BCUT2D eigenvalue weighted by atomic mass is 16.5. The Kier molecular flexibility index (Phi) is 4.41. The zero-order valence-electron chi connectivity index (χ0n) is 15.3. The second-order valence-electron chi connectivity index (χ2n) is 6.26. The molecule has 140 valence electrons. The normalized spacial score (nSPS) is 10.8. The van der Waals surface area contributed by atoms with E-state index >= 15 is 0 Å². The molecule has 0 aliphatic carbocycles. The number of aromatic nitrogens is 2. The molecule has 3 heterocycles. The van der Waals surface area contributed by atoms with Crippen LogP contribution < -0.4 is 15.7 Å². The van der Waals surface area contributed by atoms with Gasteiger partial charge in [0.2, 0.25) is 0 Å². The van der Waals surface area contributed by atoms with E-state index in [2.05, 4.69) is 10.3 Å². The molecule has 28 heavy (non-hydrogen) atoms. The SMILES string of the molecule is COc1ccc(-c2cn3cccc(C)c3n2)cc1NC(=O)c1ccc(=O)oc1. The van der Waals surface area contributed by atoms with Crippen LogP contribution in [0, 0.1) is 6.92 Å². The Morgan fingerprint density at radius 2 is 2.07 bits per heavy atom. The minimum absolute atomic E-state index is 0.232. The molecule has 3 aromatic heterocycles. The number of amides is 1. The van der Waals surface area contributed by atoms with Gasteiger partial charge in [-0.25, -0.2) is 9.78 Å². The number of hydrogen-bond donors (Lipinski definition) is 1. The molecule has 1 aromatic carbocycles. The molecule has 0 bridgehead atoms. The average Bonchev–Trinajstić information content (AvgIpc) is 3.14. The fourth-order valence-electron chi connectivity index (χ4n) is 2.94. The van der Waals surface area contributed by atoms with Gasteiger partial charge in [-0.2, -0.15) is 0 Å². The lowest BCUT2D eigenvalue weighted by atomic mass is 10.1. The molecule has 7 nitrogen and oxygen atoms in total. The van der Waals surface area contributed by atoms with E-state index in [4.69, 9.17) is 9.15 Å². The van der Waals surface area contributed by atoms with E-state index in [0.717, 1.165) is 28.7 Å². The Labute approximate surface area is 160 Å². The summed E-state index contributed by atoms with van der Waals surface area (Å²) in [5.41, 5.74) is 3.76. The summed E-state index contributed by atoms with van der Waals surface area (Å²) in [7, 11) is 1.53. The molecule has 4 aromatic rings. The number of ether oxygens (including phenoxy) is 1. The van der Waals surface area contributed by atoms with Gasteiger partial charge in [0.1, 0.15) is 17.7 Å². The van der Waals surface area contributed by atoms with Crippen LogP contribution in [0.4, 0.5) is 5.69 Å². The Morgan fingerprint density at radius 1 is 1.21 bits per heavy atom. The van der Waals surface area contributed by atoms with Gasteiger partial charge in [0, 0.05) is 24.0 Å². The van der Waals surface area contributed by atoms with Crippen molar-refractivity contribution < 1.29 is 13.9 Å². The first-order valence-corrected chi connectivity index (χ1v) is 8.58. The van der Waals surface area contributed by atoms with Gasteiger partial charge in [-0.1, -0.05) is 6.07 Å². The number of rotatable bonds is 4. The van der Waals surface area contributed by atoms with E-state index in [1.54, 1.807) is 12.1 Å². The Balaban J connectivity index is 1.70. The molecule has 0 unspecified atom stereocenters. The number of aryl methyl sites for hydroxylation is 1. The van der Waals surface area contributed by atoms with E-state index in [-0.39, 0.29) is 5.56 Å². The molecular weight excluding hydrogens is 358 g/mol. The van der Waals surface area contributed by atoms with Crippen molar-refractivity contribution in [3.63, 3.8) is 0 Å². The predicted octanol–water partition coefficient (Wildman–Crippen LogP) is 3.52. The van der Waals surface area contributed by atoms with Gasteiger partial charge in [-0.05, 0) is 42.8 Å². The molecule has 0 aliphatic heterocycles. The Morgan fingerprint density at radius 3 is 2.79 bits per heavy atom. The van der Waals surface area contributed by atoms with Crippen LogP contribution in [0.25, 0.3) is 16.9 Å². The van der Waals surface area contributed by atoms with Crippen molar-refractivity contribution >= 4 is 17.2 Å². The summed E-state index contributed by atoms with van der Waals surface area (Å²) in [5, 5.41) is 2.79. The fraction of sp³-hybridized carbons (Fsp3) is 0.0952. The van der Waals surface area contributed by atoms with Gasteiger partial charge in [-0.3, -0.25) is 4.79 Å². The largest absolute Gasteiger partial charge is 0.495 e. The van der Waals surface area contributed by atoms with Crippen LogP contribution in [0.5, 0.6) is 5.75 Å². The molecule has 1 amide bonds. The summed E-state index contributed by atoms with van der Waals surface area (Å²) < 4.78 is 12.1. The van der Waals surface area contributed by atoms with E-state index < -0.39 is 11.5 Å². The third-order valence-electron chi connectivity index (χ3n) is 4.38. The number of methoxy groups -OCH3 is 1. The second-order valence-corrected chi connectivity index (χ2v) is 6.26. The van der Waals surface area contributed by atoms with Crippen molar-refractivity contribution in [1.82, 2.24) is 9.38 Å². The topological polar surface area (TPSA) is 85.8 Å². The number of carbonyl (C=O) groups is 1. The maximum atomic E-state index is 12.5. The van der Waals surface area contributed by atoms with Crippen LogP contribution in [-0.4, -0.2) is 22.4 Å². The lowest BCUT2D eigenvalue weighted by Gasteiger charge is -2.11. The minimum atomic E-state index is -0.515. The molecule has 0 spiro atoms. The highest BCUT2D eigenvalue weighted by molar-refractivity contribution is 6.05. The van der Waals surface area contributed by atoms with Crippen LogP contribution >= 0.6 is 0 Å². The van der Waals surface area contributed by atoms with Crippen LogP contribution in [0.15, 0.2) is 70.3 Å².